The van der Waals surface area contributed by atoms with Crippen molar-refractivity contribution in [2.45, 2.75) is 44.7 Å². The summed E-state index contributed by atoms with van der Waals surface area (Å²) in [6.07, 6.45) is 3.36. The number of anilines is 3. The van der Waals surface area contributed by atoms with Gasteiger partial charge in [-0.2, -0.15) is 13.2 Å². The molecular weight excluding hydrogens is 483 g/mol. The second kappa shape index (κ2) is 9.53. The van der Waals surface area contributed by atoms with Gasteiger partial charge in [-0.1, -0.05) is 24.3 Å². The molecule has 1 fully saturated rings. The summed E-state index contributed by atoms with van der Waals surface area (Å²) in [6.45, 7) is 2.50. The van der Waals surface area contributed by atoms with E-state index in [1.165, 1.54) is 15.9 Å². The Morgan fingerprint density at radius 2 is 1.70 bits per heavy atom. The highest BCUT2D eigenvalue weighted by Crippen LogP contribution is 2.43. The Balaban J connectivity index is 1.64. The first-order valence-corrected chi connectivity index (χ1v) is 12.3. The number of hydrogen-bond acceptors (Lipinski definition) is 3. The number of nitrogens with zero attached hydrogens (tertiary/aromatic N) is 3. The van der Waals surface area contributed by atoms with Crippen LogP contribution in [0.25, 0.3) is 0 Å². The van der Waals surface area contributed by atoms with Crippen molar-refractivity contribution in [3.8, 4) is 0 Å². The molecule has 3 aliphatic rings. The molecule has 2 aliphatic heterocycles. The molecule has 0 N–H and O–H groups in total. The molecule has 2 aromatic carbocycles. The summed E-state index contributed by atoms with van der Waals surface area (Å²) in [5.41, 5.74) is 0.904. The van der Waals surface area contributed by atoms with Crippen molar-refractivity contribution < 1.29 is 27.6 Å². The highest BCUT2D eigenvalue weighted by atomic mass is 19.4. The van der Waals surface area contributed by atoms with Gasteiger partial charge in [-0.3, -0.25) is 19.3 Å². The van der Waals surface area contributed by atoms with Crippen molar-refractivity contribution in [2.24, 2.45) is 0 Å². The van der Waals surface area contributed by atoms with Crippen molar-refractivity contribution in [1.82, 2.24) is 0 Å². The zero-order valence-corrected chi connectivity index (χ0v) is 20.3. The fraction of sp³-hybridized carbons (Fsp3) is 0.321. The van der Waals surface area contributed by atoms with Gasteiger partial charge >= 0.3 is 6.18 Å². The van der Waals surface area contributed by atoms with E-state index < -0.39 is 29.5 Å². The number of amides is 3. The van der Waals surface area contributed by atoms with Gasteiger partial charge in [0.15, 0.2) is 0 Å². The number of alkyl halides is 3. The van der Waals surface area contributed by atoms with E-state index in [0.717, 1.165) is 25.0 Å². The minimum atomic E-state index is -4.61. The molecule has 0 saturated carbocycles. The van der Waals surface area contributed by atoms with Crippen LogP contribution in [-0.4, -0.2) is 30.8 Å². The van der Waals surface area contributed by atoms with Crippen LogP contribution in [0.5, 0.6) is 0 Å². The lowest BCUT2D eigenvalue weighted by atomic mass is 9.95. The molecule has 192 valence electrons. The van der Waals surface area contributed by atoms with E-state index in [2.05, 4.69) is 0 Å². The predicted octanol–water partition coefficient (Wildman–Crippen LogP) is 5.55. The van der Waals surface area contributed by atoms with Gasteiger partial charge in [0.2, 0.25) is 17.7 Å². The minimum absolute atomic E-state index is 0.0182. The van der Waals surface area contributed by atoms with Crippen molar-refractivity contribution >= 4 is 34.8 Å². The third-order valence-corrected chi connectivity index (χ3v) is 6.98. The topological polar surface area (TPSA) is 60.9 Å². The fourth-order valence-corrected chi connectivity index (χ4v) is 5.15. The lowest BCUT2D eigenvalue weighted by Gasteiger charge is -2.28. The second-order valence-corrected chi connectivity index (χ2v) is 9.24. The molecule has 0 spiro atoms. The van der Waals surface area contributed by atoms with Gasteiger partial charge in [0.05, 0.1) is 16.9 Å². The molecule has 5 rings (SSSR count). The number of benzene rings is 2. The van der Waals surface area contributed by atoms with Crippen LogP contribution in [0.15, 0.2) is 66.4 Å². The summed E-state index contributed by atoms with van der Waals surface area (Å²) < 4.78 is 41.0. The quantitative estimate of drug-likeness (QED) is 0.508. The fourth-order valence-electron chi connectivity index (χ4n) is 5.15. The molecule has 1 unspecified atom stereocenters. The predicted molar refractivity (Wildman–Crippen MR) is 134 cm³/mol. The van der Waals surface area contributed by atoms with Gasteiger partial charge in [0.25, 0.3) is 0 Å². The molecule has 0 aromatic heterocycles. The summed E-state index contributed by atoms with van der Waals surface area (Å²) in [6, 6.07) is 9.85. The summed E-state index contributed by atoms with van der Waals surface area (Å²) in [4.78, 5) is 44.3. The highest BCUT2D eigenvalue weighted by Gasteiger charge is 2.43. The monoisotopic (exact) mass is 509 g/mol. The van der Waals surface area contributed by atoms with Crippen LogP contribution in [0.4, 0.5) is 30.2 Å². The van der Waals surface area contributed by atoms with Crippen LogP contribution < -0.4 is 14.7 Å². The maximum atomic E-state index is 14.1. The largest absolute Gasteiger partial charge is 0.416 e. The summed E-state index contributed by atoms with van der Waals surface area (Å²) >= 11 is 0. The second-order valence-electron chi connectivity index (χ2n) is 9.24. The Kier molecular flexibility index (Phi) is 6.39. The zero-order valence-electron chi connectivity index (χ0n) is 20.3. The number of halogens is 3. The molecular formula is C28H26F3N3O3. The van der Waals surface area contributed by atoms with Gasteiger partial charge in [0.1, 0.15) is 5.92 Å². The van der Waals surface area contributed by atoms with Crippen LogP contribution in [-0.2, 0) is 20.6 Å². The zero-order chi connectivity index (χ0) is 26.3. The average Bonchev–Trinajstić information content (AvgIpc) is 3.28. The van der Waals surface area contributed by atoms with Crippen LogP contribution in [0.3, 0.4) is 0 Å². The van der Waals surface area contributed by atoms with E-state index in [9.17, 15) is 27.6 Å². The van der Waals surface area contributed by atoms with E-state index >= 15 is 0 Å². The first kappa shape index (κ1) is 24.8. The Morgan fingerprint density at radius 3 is 2.30 bits per heavy atom. The molecule has 1 aliphatic carbocycles. The van der Waals surface area contributed by atoms with E-state index in [1.807, 2.05) is 6.08 Å². The first-order chi connectivity index (χ1) is 17.7. The maximum absolute atomic E-state index is 14.1. The molecule has 1 atom stereocenters. The lowest BCUT2D eigenvalue weighted by Crippen LogP contribution is -2.40. The molecule has 1 saturated heterocycles. The molecule has 6 nitrogen and oxygen atoms in total. The SMILES string of the molecule is CCN1C(=O)C(c2ccc(N3CCCC3=O)cc2)C(=O)N(C2=CCCC=C2)c2cc(C(F)(F)F)ccc21. The smallest absolute Gasteiger partial charge is 0.312 e. The molecule has 3 amide bonds. The third kappa shape index (κ3) is 4.43. The van der Waals surface area contributed by atoms with E-state index in [1.54, 1.807) is 48.2 Å². The number of allylic oxidation sites excluding steroid dienone is 3. The number of hydrogen-bond donors (Lipinski definition) is 0. The van der Waals surface area contributed by atoms with Gasteiger partial charge in [-0.05, 0) is 68.2 Å². The summed E-state index contributed by atoms with van der Waals surface area (Å²) in [5.74, 6) is -2.38. The molecule has 2 aromatic rings. The van der Waals surface area contributed by atoms with Crippen molar-refractivity contribution in [3.63, 3.8) is 0 Å². The number of carbonyl (C=O) groups is 3. The molecule has 2 heterocycles. The van der Waals surface area contributed by atoms with Crippen LogP contribution >= 0.6 is 0 Å². The van der Waals surface area contributed by atoms with Crippen LogP contribution in [0.2, 0.25) is 0 Å². The standard InChI is InChI=1S/C28H26F3N3O3/c1-2-32-22-15-12-19(28(29,30)31)17-23(22)34(21-7-4-3-5-8-21)27(37)25(26(32)36)18-10-13-20(14-11-18)33-16-6-9-24(33)35/h4,7-8,10-15,17,25H,2-3,5-6,9,16H2,1H3. The van der Waals surface area contributed by atoms with Gasteiger partial charge in [-0.15, -0.1) is 0 Å². The van der Waals surface area contributed by atoms with Crippen LogP contribution in [0, 0.1) is 0 Å². The Morgan fingerprint density at radius 1 is 0.946 bits per heavy atom. The summed E-state index contributed by atoms with van der Waals surface area (Å²) in [5, 5.41) is 0. The normalized spacial score (nSPS) is 20.3. The van der Waals surface area contributed by atoms with Crippen molar-refractivity contribution in [2.75, 3.05) is 27.8 Å². The number of likely N-dealkylation sites (N-methyl/N-ethyl adjacent to an activating group) is 1. The molecule has 0 radical (unpaired) electrons. The Bertz CT molecular complexity index is 1310. The van der Waals surface area contributed by atoms with Gasteiger partial charge in [0, 0.05) is 30.9 Å². The highest BCUT2D eigenvalue weighted by molar-refractivity contribution is 6.22. The molecule has 37 heavy (non-hydrogen) atoms. The average molecular weight is 510 g/mol. The summed E-state index contributed by atoms with van der Waals surface area (Å²) in [7, 11) is 0. The van der Waals surface area contributed by atoms with E-state index in [0.29, 0.717) is 36.3 Å². The molecule has 9 heteroatoms. The third-order valence-electron chi connectivity index (χ3n) is 6.98. The number of rotatable bonds is 4. The van der Waals surface area contributed by atoms with E-state index in [4.69, 9.17) is 0 Å². The van der Waals surface area contributed by atoms with Gasteiger partial charge < -0.3 is 9.80 Å². The Hall–Kier alpha value is -3.88. The number of fused-ring (bicyclic) bond motifs is 1. The maximum Gasteiger partial charge on any atom is 0.416 e. The van der Waals surface area contributed by atoms with Crippen molar-refractivity contribution in [1.29, 1.82) is 0 Å². The lowest BCUT2D eigenvalue weighted by molar-refractivity contribution is -0.137. The number of carbonyl (C=O) groups excluding carboxylic acids is 3. The van der Waals surface area contributed by atoms with Gasteiger partial charge in [-0.25, -0.2) is 0 Å². The van der Waals surface area contributed by atoms with Crippen LogP contribution in [0.1, 0.15) is 49.7 Å². The first-order valence-electron chi connectivity index (χ1n) is 12.3. The Labute approximate surface area is 212 Å². The van der Waals surface area contributed by atoms with Crippen molar-refractivity contribution in [3.05, 3.63) is 77.5 Å². The minimum Gasteiger partial charge on any atom is -0.312 e. The molecule has 0 bridgehead atoms. The van der Waals surface area contributed by atoms with E-state index in [-0.39, 0.29) is 23.8 Å².